The van der Waals surface area contributed by atoms with E-state index in [1.807, 2.05) is 54.6 Å². The lowest BCUT2D eigenvalue weighted by Crippen LogP contribution is -2.14. The molecule has 0 bridgehead atoms. The number of rotatable bonds is 8. The van der Waals surface area contributed by atoms with Gasteiger partial charge in [0.1, 0.15) is 23.0 Å². The molecule has 4 aromatic rings. The number of carboxylic acid groups (broad SMARTS) is 1. The van der Waals surface area contributed by atoms with Crippen LogP contribution < -0.4 is 10.1 Å². The monoisotopic (exact) mass is 427 g/mol. The molecule has 0 radical (unpaired) electrons. The van der Waals surface area contributed by atoms with Crippen LogP contribution in [-0.4, -0.2) is 21.8 Å². The van der Waals surface area contributed by atoms with E-state index >= 15 is 0 Å². The fourth-order valence-electron chi connectivity index (χ4n) is 3.32. The molecule has 0 aliphatic heterocycles. The van der Waals surface area contributed by atoms with Crippen molar-refractivity contribution in [3.63, 3.8) is 0 Å². The Morgan fingerprint density at radius 2 is 1.84 bits per heavy atom. The smallest absolute Gasteiger partial charge is 0.336 e. The maximum Gasteiger partial charge on any atom is 0.336 e. The summed E-state index contributed by atoms with van der Waals surface area (Å²) in [5, 5.41) is 21.1. The summed E-state index contributed by atoms with van der Waals surface area (Å²) in [6, 6.07) is 21.8. The van der Waals surface area contributed by atoms with Crippen LogP contribution >= 0.6 is 0 Å². The normalized spacial score (nSPS) is 10.5. The third-order valence-electron chi connectivity index (χ3n) is 4.79. The van der Waals surface area contributed by atoms with Crippen LogP contribution in [0.1, 0.15) is 28.4 Å². The van der Waals surface area contributed by atoms with Gasteiger partial charge in [-0.3, -0.25) is 0 Å². The van der Waals surface area contributed by atoms with Crippen molar-refractivity contribution in [2.45, 2.75) is 13.5 Å². The molecule has 0 aliphatic rings. The molecule has 2 heterocycles. The number of hydrogen-bond acceptors (Lipinski definition) is 6. The number of anilines is 1. The van der Waals surface area contributed by atoms with Gasteiger partial charge >= 0.3 is 5.97 Å². The van der Waals surface area contributed by atoms with Crippen LogP contribution in [0.4, 0.5) is 5.82 Å². The van der Waals surface area contributed by atoms with Crippen LogP contribution in [0.15, 0.2) is 83.5 Å². The summed E-state index contributed by atoms with van der Waals surface area (Å²) >= 11 is 0. The molecule has 0 spiro atoms. The number of furan rings is 1. The zero-order chi connectivity index (χ0) is 22.5. The van der Waals surface area contributed by atoms with E-state index in [0.29, 0.717) is 35.3 Å². The lowest BCUT2D eigenvalue weighted by atomic mass is 10.0. The first-order valence-corrected chi connectivity index (χ1v) is 9.95. The second-order valence-electron chi connectivity index (χ2n) is 7.06. The van der Waals surface area contributed by atoms with E-state index in [1.54, 1.807) is 12.1 Å². The maximum atomic E-state index is 11.9. The molecule has 32 heavy (non-hydrogen) atoms. The molecule has 3 N–H and O–H groups in total. The largest absolute Gasteiger partial charge is 0.478 e. The van der Waals surface area contributed by atoms with E-state index in [2.05, 4.69) is 10.3 Å². The zero-order valence-corrected chi connectivity index (χ0v) is 17.3. The molecule has 0 atom stereocenters. The Morgan fingerprint density at radius 3 is 2.53 bits per heavy atom. The number of ether oxygens (including phenoxy) is 1. The standard InChI is InChI=1S/C25H21N3O4/c1-16(26)23-19(25(29)30)14-20(22-12-7-13-31-22)28-24(23)27-15-17-8-5-6-11-21(17)32-18-9-3-2-4-10-18/h2-14,26H,15H2,1H3,(H,27,28)(H,29,30). The average molecular weight is 427 g/mol. The highest BCUT2D eigenvalue weighted by Crippen LogP contribution is 2.29. The van der Waals surface area contributed by atoms with Crippen molar-refractivity contribution in [2.24, 2.45) is 0 Å². The van der Waals surface area contributed by atoms with Crippen molar-refractivity contribution in [3.8, 4) is 23.0 Å². The Balaban J connectivity index is 1.69. The lowest BCUT2D eigenvalue weighted by Gasteiger charge is -2.16. The number of hydrogen-bond donors (Lipinski definition) is 3. The quantitative estimate of drug-likeness (QED) is 0.305. The summed E-state index contributed by atoms with van der Waals surface area (Å²) < 4.78 is 11.4. The van der Waals surface area contributed by atoms with E-state index in [0.717, 1.165) is 5.56 Å². The van der Waals surface area contributed by atoms with Gasteiger partial charge < -0.3 is 25.0 Å². The predicted octanol–water partition coefficient (Wildman–Crippen LogP) is 5.83. The van der Waals surface area contributed by atoms with Crippen molar-refractivity contribution >= 4 is 17.5 Å². The third-order valence-corrected chi connectivity index (χ3v) is 4.79. The molecule has 0 amide bonds. The van der Waals surface area contributed by atoms with E-state index in [4.69, 9.17) is 14.6 Å². The highest BCUT2D eigenvalue weighted by molar-refractivity contribution is 6.09. The summed E-state index contributed by atoms with van der Waals surface area (Å²) in [5.74, 6) is 0.968. The van der Waals surface area contributed by atoms with Crippen LogP contribution in [0.2, 0.25) is 0 Å². The molecular weight excluding hydrogens is 406 g/mol. The van der Waals surface area contributed by atoms with Crippen LogP contribution in [0, 0.1) is 5.41 Å². The minimum absolute atomic E-state index is 0.0183. The number of aromatic nitrogens is 1. The van der Waals surface area contributed by atoms with E-state index in [-0.39, 0.29) is 16.8 Å². The second kappa shape index (κ2) is 9.18. The van der Waals surface area contributed by atoms with Crippen LogP contribution in [-0.2, 0) is 6.54 Å². The first-order chi connectivity index (χ1) is 15.5. The van der Waals surface area contributed by atoms with Gasteiger partial charge in [-0.2, -0.15) is 0 Å². The molecular formula is C25H21N3O4. The molecule has 160 valence electrons. The fourth-order valence-corrected chi connectivity index (χ4v) is 3.32. The maximum absolute atomic E-state index is 11.9. The summed E-state index contributed by atoms with van der Waals surface area (Å²) in [4.78, 5) is 16.5. The second-order valence-corrected chi connectivity index (χ2v) is 7.06. The first kappa shape index (κ1) is 20.9. The molecule has 4 rings (SSSR count). The van der Waals surface area contributed by atoms with Crippen LogP contribution in [0.25, 0.3) is 11.5 Å². The minimum atomic E-state index is -1.14. The van der Waals surface area contributed by atoms with Crippen LogP contribution in [0.5, 0.6) is 11.5 Å². The topological polar surface area (TPSA) is 108 Å². The molecule has 0 unspecified atom stereocenters. The number of benzene rings is 2. The van der Waals surface area contributed by atoms with Gasteiger partial charge in [0, 0.05) is 17.8 Å². The predicted molar refractivity (Wildman–Crippen MR) is 122 cm³/mol. The number of para-hydroxylation sites is 2. The summed E-state index contributed by atoms with van der Waals surface area (Å²) in [5.41, 5.74) is 1.53. The lowest BCUT2D eigenvalue weighted by molar-refractivity contribution is 0.0696. The first-order valence-electron chi connectivity index (χ1n) is 9.95. The molecule has 7 heteroatoms. The number of carboxylic acids is 1. The molecule has 0 saturated carbocycles. The number of nitrogens with one attached hydrogen (secondary N) is 2. The molecule has 0 aliphatic carbocycles. The summed E-state index contributed by atoms with van der Waals surface area (Å²) in [6.45, 7) is 1.85. The Labute approximate surface area is 184 Å². The highest BCUT2D eigenvalue weighted by Gasteiger charge is 2.21. The Hall–Kier alpha value is -4.39. The van der Waals surface area contributed by atoms with Gasteiger partial charge in [-0.05, 0) is 43.3 Å². The summed E-state index contributed by atoms with van der Waals surface area (Å²) in [7, 11) is 0. The number of aromatic carboxylic acids is 1. The van der Waals surface area contributed by atoms with E-state index < -0.39 is 5.97 Å². The summed E-state index contributed by atoms with van der Waals surface area (Å²) in [6.07, 6.45) is 1.50. The van der Waals surface area contributed by atoms with E-state index in [1.165, 1.54) is 19.3 Å². The average Bonchev–Trinajstić information content (AvgIpc) is 3.33. The fraction of sp³-hybridized carbons (Fsp3) is 0.0800. The minimum Gasteiger partial charge on any atom is -0.478 e. The van der Waals surface area contributed by atoms with Gasteiger partial charge in [-0.15, -0.1) is 0 Å². The van der Waals surface area contributed by atoms with Crippen molar-refractivity contribution in [1.82, 2.24) is 4.98 Å². The molecule has 7 nitrogen and oxygen atoms in total. The number of carbonyl (C=O) groups is 1. The van der Waals surface area contributed by atoms with Gasteiger partial charge in [-0.1, -0.05) is 36.4 Å². The van der Waals surface area contributed by atoms with Crippen LogP contribution in [0.3, 0.4) is 0 Å². The van der Waals surface area contributed by atoms with Crippen molar-refractivity contribution in [1.29, 1.82) is 5.41 Å². The Kier molecular flexibility index (Phi) is 5.98. The Morgan fingerprint density at radius 1 is 1.09 bits per heavy atom. The van der Waals surface area contributed by atoms with E-state index in [9.17, 15) is 9.90 Å². The van der Waals surface area contributed by atoms with Gasteiger partial charge in [0.15, 0.2) is 5.76 Å². The van der Waals surface area contributed by atoms with Gasteiger partial charge in [-0.25, -0.2) is 9.78 Å². The van der Waals surface area contributed by atoms with Gasteiger partial charge in [0.05, 0.1) is 17.4 Å². The Bertz CT molecular complexity index is 1250. The molecule has 0 fully saturated rings. The van der Waals surface area contributed by atoms with Crippen molar-refractivity contribution in [2.75, 3.05) is 5.32 Å². The number of pyridine rings is 1. The van der Waals surface area contributed by atoms with Crippen molar-refractivity contribution in [3.05, 3.63) is 95.7 Å². The van der Waals surface area contributed by atoms with Gasteiger partial charge in [0.25, 0.3) is 0 Å². The van der Waals surface area contributed by atoms with Gasteiger partial charge in [0.2, 0.25) is 0 Å². The molecule has 2 aromatic carbocycles. The number of nitrogens with zero attached hydrogens (tertiary/aromatic N) is 1. The molecule has 0 saturated heterocycles. The highest BCUT2D eigenvalue weighted by atomic mass is 16.5. The SMILES string of the molecule is CC(=N)c1c(C(=O)O)cc(-c2ccco2)nc1NCc1ccccc1Oc1ccccc1. The zero-order valence-electron chi connectivity index (χ0n) is 17.3. The third kappa shape index (κ3) is 4.52. The van der Waals surface area contributed by atoms with Crippen molar-refractivity contribution < 1.29 is 19.1 Å². The molecule has 2 aromatic heterocycles.